The lowest BCUT2D eigenvalue weighted by molar-refractivity contribution is -0.139. The molecular formula is C11H20N2O2. The smallest absolute Gasteiger partial charge is 0.248 e. The van der Waals surface area contributed by atoms with Crippen molar-refractivity contribution < 1.29 is 9.53 Å². The number of nitrogens with one attached hydrogen (secondary N) is 1. The van der Waals surface area contributed by atoms with Crippen molar-refractivity contribution in [1.29, 1.82) is 0 Å². The SMILES string of the molecule is CN(C(=O)COC1CCCC1)C1CNC1. The van der Waals surface area contributed by atoms with E-state index in [1.165, 1.54) is 12.8 Å². The van der Waals surface area contributed by atoms with Crippen LogP contribution in [0.5, 0.6) is 0 Å². The number of carbonyl (C=O) groups is 1. The van der Waals surface area contributed by atoms with Crippen LogP contribution in [0, 0.1) is 0 Å². The van der Waals surface area contributed by atoms with E-state index in [9.17, 15) is 4.79 Å². The summed E-state index contributed by atoms with van der Waals surface area (Å²) < 4.78 is 5.59. The van der Waals surface area contributed by atoms with Crippen LogP contribution < -0.4 is 5.32 Å². The van der Waals surface area contributed by atoms with E-state index in [1.807, 2.05) is 11.9 Å². The van der Waals surface area contributed by atoms with E-state index in [1.54, 1.807) is 0 Å². The zero-order valence-corrected chi connectivity index (χ0v) is 9.37. The van der Waals surface area contributed by atoms with Gasteiger partial charge in [-0.15, -0.1) is 0 Å². The number of nitrogens with zero attached hydrogens (tertiary/aromatic N) is 1. The van der Waals surface area contributed by atoms with Crippen molar-refractivity contribution in [3.05, 3.63) is 0 Å². The molecular weight excluding hydrogens is 192 g/mol. The molecule has 86 valence electrons. The molecule has 15 heavy (non-hydrogen) atoms. The first kappa shape index (κ1) is 10.9. The molecule has 1 heterocycles. The molecule has 0 aromatic rings. The Morgan fingerprint density at radius 3 is 2.60 bits per heavy atom. The molecule has 1 amide bonds. The van der Waals surface area contributed by atoms with Crippen LogP contribution in [0.3, 0.4) is 0 Å². The van der Waals surface area contributed by atoms with E-state index in [0.29, 0.717) is 12.1 Å². The van der Waals surface area contributed by atoms with Gasteiger partial charge in [0.1, 0.15) is 6.61 Å². The van der Waals surface area contributed by atoms with Crippen LogP contribution in [-0.4, -0.2) is 49.7 Å². The highest BCUT2D eigenvalue weighted by Crippen LogP contribution is 2.20. The molecule has 1 saturated heterocycles. The molecule has 0 radical (unpaired) electrons. The Labute approximate surface area is 91.0 Å². The predicted octanol–water partition coefficient (Wildman–Crippen LogP) is 0.376. The Kier molecular flexibility index (Phi) is 3.59. The monoisotopic (exact) mass is 212 g/mol. The van der Waals surface area contributed by atoms with Crippen molar-refractivity contribution in [2.75, 3.05) is 26.7 Å². The number of ether oxygens (including phenoxy) is 1. The molecule has 0 bridgehead atoms. The molecule has 2 rings (SSSR count). The molecule has 4 heteroatoms. The van der Waals surface area contributed by atoms with Crippen molar-refractivity contribution in [3.8, 4) is 0 Å². The lowest BCUT2D eigenvalue weighted by Gasteiger charge is -2.35. The average Bonchev–Trinajstić information content (AvgIpc) is 2.63. The maximum atomic E-state index is 11.7. The quantitative estimate of drug-likeness (QED) is 0.732. The Balaban J connectivity index is 1.66. The molecule has 4 nitrogen and oxygen atoms in total. The van der Waals surface area contributed by atoms with Gasteiger partial charge in [-0.25, -0.2) is 0 Å². The Bertz CT molecular complexity index is 223. The summed E-state index contributed by atoms with van der Waals surface area (Å²) in [7, 11) is 1.87. The lowest BCUT2D eigenvalue weighted by atomic mass is 10.1. The number of amides is 1. The van der Waals surface area contributed by atoms with E-state index in [0.717, 1.165) is 25.9 Å². The van der Waals surface area contributed by atoms with E-state index in [2.05, 4.69) is 5.32 Å². The largest absolute Gasteiger partial charge is 0.368 e. The minimum Gasteiger partial charge on any atom is -0.368 e. The van der Waals surface area contributed by atoms with E-state index < -0.39 is 0 Å². The first-order valence-electron chi connectivity index (χ1n) is 5.85. The minimum atomic E-state index is 0.119. The highest BCUT2D eigenvalue weighted by molar-refractivity contribution is 5.77. The molecule has 1 saturated carbocycles. The Morgan fingerprint density at radius 2 is 2.07 bits per heavy atom. The Hall–Kier alpha value is -0.610. The number of rotatable bonds is 4. The second-order valence-electron chi connectivity index (χ2n) is 4.53. The third kappa shape index (κ3) is 2.69. The van der Waals surface area contributed by atoms with Gasteiger partial charge in [-0.2, -0.15) is 0 Å². The van der Waals surface area contributed by atoms with Crippen molar-refractivity contribution in [2.24, 2.45) is 0 Å². The van der Waals surface area contributed by atoms with Crippen LogP contribution in [0.1, 0.15) is 25.7 Å². The highest BCUT2D eigenvalue weighted by Gasteiger charge is 2.26. The van der Waals surface area contributed by atoms with Gasteiger partial charge in [0.05, 0.1) is 12.1 Å². The fourth-order valence-corrected chi connectivity index (χ4v) is 2.10. The first-order chi connectivity index (χ1) is 7.27. The van der Waals surface area contributed by atoms with Crippen molar-refractivity contribution in [1.82, 2.24) is 10.2 Å². The van der Waals surface area contributed by atoms with Crippen LogP contribution >= 0.6 is 0 Å². The minimum absolute atomic E-state index is 0.119. The summed E-state index contributed by atoms with van der Waals surface area (Å²) in [5, 5.41) is 3.16. The van der Waals surface area contributed by atoms with Crippen LogP contribution in [0.25, 0.3) is 0 Å². The van der Waals surface area contributed by atoms with Gasteiger partial charge in [-0.3, -0.25) is 4.79 Å². The topological polar surface area (TPSA) is 41.6 Å². The second-order valence-corrected chi connectivity index (χ2v) is 4.53. The van der Waals surface area contributed by atoms with Gasteiger partial charge in [-0.05, 0) is 12.8 Å². The third-order valence-electron chi connectivity index (χ3n) is 3.45. The van der Waals surface area contributed by atoms with Crippen molar-refractivity contribution in [3.63, 3.8) is 0 Å². The molecule has 1 N–H and O–H groups in total. The lowest BCUT2D eigenvalue weighted by Crippen LogP contribution is -2.58. The van der Waals surface area contributed by atoms with Gasteiger partial charge >= 0.3 is 0 Å². The van der Waals surface area contributed by atoms with Gasteiger partial charge in [0.15, 0.2) is 0 Å². The summed E-state index contributed by atoms with van der Waals surface area (Å²) in [6.45, 7) is 2.11. The standard InChI is InChI=1S/C11H20N2O2/c1-13(9-6-12-7-9)11(14)8-15-10-4-2-3-5-10/h9-10,12H,2-8H2,1H3. The molecule has 2 aliphatic rings. The molecule has 0 unspecified atom stereocenters. The number of likely N-dealkylation sites (N-methyl/N-ethyl adjacent to an activating group) is 1. The highest BCUT2D eigenvalue weighted by atomic mass is 16.5. The van der Waals surface area contributed by atoms with Gasteiger partial charge in [0, 0.05) is 20.1 Å². The third-order valence-corrected chi connectivity index (χ3v) is 3.45. The summed E-state index contributed by atoms with van der Waals surface area (Å²) in [4.78, 5) is 13.5. The summed E-state index contributed by atoms with van der Waals surface area (Å²) in [6, 6.07) is 0.379. The van der Waals surface area contributed by atoms with Gasteiger partial charge in [-0.1, -0.05) is 12.8 Å². The summed E-state index contributed by atoms with van der Waals surface area (Å²) in [6.07, 6.45) is 5.09. The number of carbonyl (C=O) groups excluding carboxylic acids is 1. The average molecular weight is 212 g/mol. The maximum Gasteiger partial charge on any atom is 0.248 e. The van der Waals surface area contributed by atoms with E-state index >= 15 is 0 Å². The Morgan fingerprint density at radius 1 is 1.40 bits per heavy atom. The van der Waals surface area contributed by atoms with Gasteiger partial charge < -0.3 is 15.0 Å². The molecule has 1 aliphatic carbocycles. The summed E-state index contributed by atoms with van der Waals surface area (Å²) in [5.74, 6) is 0.119. The van der Waals surface area contributed by atoms with Gasteiger partial charge in [0.2, 0.25) is 5.91 Å². The molecule has 1 aliphatic heterocycles. The van der Waals surface area contributed by atoms with Crippen LogP contribution in [0.15, 0.2) is 0 Å². The molecule has 0 atom stereocenters. The molecule has 2 fully saturated rings. The summed E-state index contributed by atoms with van der Waals surface area (Å²) in [5.41, 5.74) is 0. The van der Waals surface area contributed by atoms with Crippen molar-refractivity contribution >= 4 is 5.91 Å². The fraction of sp³-hybridized carbons (Fsp3) is 0.909. The summed E-state index contributed by atoms with van der Waals surface area (Å²) >= 11 is 0. The van der Waals surface area contributed by atoms with Crippen LogP contribution in [0.2, 0.25) is 0 Å². The maximum absolute atomic E-state index is 11.7. The first-order valence-corrected chi connectivity index (χ1v) is 5.85. The van der Waals surface area contributed by atoms with E-state index in [-0.39, 0.29) is 12.5 Å². The second kappa shape index (κ2) is 4.94. The van der Waals surface area contributed by atoms with Crippen LogP contribution in [-0.2, 0) is 9.53 Å². The number of hydrogen-bond donors (Lipinski definition) is 1. The zero-order valence-electron chi connectivity index (χ0n) is 9.37. The predicted molar refractivity (Wildman–Crippen MR) is 57.6 cm³/mol. The van der Waals surface area contributed by atoms with Crippen LogP contribution in [0.4, 0.5) is 0 Å². The van der Waals surface area contributed by atoms with E-state index in [4.69, 9.17) is 4.74 Å². The molecule has 0 aromatic carbocycles. The van der Waals surface area contributed by atoms with Gasteiger partial charge in [0.25, 0.3) is 0 Å². The normalized spacial score (nSPS) is 22.7. The fourth-order valence-electron chi connectivity index (χ4n) is 2.10. The van der Waals surface area contributed by atoms with Crippen molar-refractivity contribution in [2.45, 2.75) is 37.8 Å². The molecule has 0 aromatic heterocycles. The number of hydrogen-bond acceptors (Lipinski definition) is 3. The molecule has 0 spiro atoms. The zero-order chi connectivity index (χ0) is 10.7.